The molecule has 0 aliphatic carbocycles. The minimum atomic E-state index is -2.98. The molecule has 1 atom stereocenters. The minimum Gasteiger partial charge on any atom is -0.356 e. The first-order valence-electron chi connectivity index (χ1n) is 9.22. The summed E-state index contributed by atoms with van der Waals surface area (Å²) in [5.74, 6) is 0.688. The maximum atomic E-state index is 12.0. The molecule has 1 amide bonds. The van der Waals surface area contributed by atoms with Crippen LogP contribution >= 0.6 is 0 Å². The number of rotatable bonds is 7. The number of sulfone groups is 1. The Bertz CT molecular complexity index is 760. The highest BCUT2D eigenvalue weighted by Crippen LogP contribution is 2.21. The third-order valence-electron chi connectivity index (χ3n) is 4.72. The molecule has 7 nitrogen and oxygen atoms in total. The van der Waals surface area contributed by atoms with Crippen molar-refractivity contribution in [3.05, 3.63) is 35.9 Å². The van der Waals surface area contributed by atoms with Gasteiger partial charge in [0.15, 0.2) is 15.8 Å². The van der Waals surface area contributed by atoms with E-state index < -0.39 is 9.84 Å². The predicted octanol–water partition coefficient (Wildman–Crippen LogP) is 0.823. The van der Waals surface area contributed by atoms with Crippen molar-refractivity contribution in [2.45, 2.75) is 38.1 Å². The molecule has 1 fully saturated rings. The van der Waals surface area contributed by atoms with Crippen molar-refractivity contribution in [3.63, 3.8) is 0 Å². The van der Waals surface area contributed by atoms with Gasteiger partial charge in [0.05, 0.1) is 11.5 Å². The quantitative estimate of drug-likeness (QED) is 0.470. The lowest BCUT2D eigenvalue weighted by molar-refractivity contribution is -0.121. The lowest BCUT2D eigenvalue weighted by atomic mass is 9.85. The zero-order chi connectivity index (χ0) is 19.9. The molecule has 1 aromatic rings. The van der Waals surface area contributed by atoms with Gasteiger partial charge in [-0.25, -0.2) is 8.42 Å². The van der Waals surface area contributed by atoms with Crippen LogP contribution in [0.2, 0.25) is 0 Å². The molecule has 0 aromatic heterocycles. The number of aliphatic imine (C=N–C) groups is 1. The van der Waals surface area contributed by atoms with Crippen LogP contribution in [-0.4, -0.2) is 58.0 Å². The summed E-state index contributed by atoms with van der Waals surface area (Å²) in [5, 5.41) is 9.20. The van der Waals surface area contributed by atoms with Crippen LogP contribution in [0.5, 0.6) is 0 Å². The molecule has 1 saturated heterocycles. The van der Waals surface area contributed by atoms with Crippen LogP contribution in [0, 0.1) is 0 Å². The van der Waals surface area contributed by atoms with Crippen molar-refractivity contribution in [2.75, 3.05) is 31.6 Å². The number of benzene rings is 1. The second kappa shape index (κ2) is 9.21. The van der Waals surface area contributed by atoms with Crippen LogP contribution in [0.1, 0.15) is 32.3 Å². The Morgan fingerprint density at radius 3 is 2.52 bits per heavy atom. The van der Waals surface area contributed by atoms with Gasteiger partial charge < -0.3 is 16.0 Å². The van der Waals surface area contributed by atoms with Gasteiger partial charge in [0.1, 0.15) is 0 Å². The molecule has 0 radical (unpaired) electrons. The number of nitrogens with one attached hydrogen (secondary N) is 3. The Morgan fingerprint density at radius 1 is 1.22 bits per heavy atom. The highest BCUT2D eigenvalue weighted by Gasteiger charge is 2.28. The number of guanidine groups is 1. The third-order valence-corrected chi connectivity index (χ3v) is 6.49. The smallest absolute Gasteiger partial charge is 0.222 e. The molecule has 1 aromatic carbocycles. The monoisotopic (exact) mass is 394 g/mol. The Morgan fingerprint density at radius 2 is 1.93 bits per heavy atom. The van der Waals surface area contributed by atoms with E-state index in [-0.39, 0.29) is 35.3 Å². The second-order valence-electron chi connectivity index (χ2n) is 7.52. The predicted molar refractivity (Wildman–Crippen MR) is 109 cm³/mol. The number of hydrogen-bond donors (Lipinski definition) is 3. The van der Waals surface area contributed by atoms with E-state index in [1.165, 1.54) is 5.56 Å². The van der Waals surface area contributed by atoms with E-state index in [1.807, 2.05) is 18.2 Å². The zero-order valence-electron chi connectivity index (χ0n) is 16.3. The van der Waals surface area contributed by atoms with Crippen molar-refractivity contribution < 1.29 is 13.2 Å². The van der Waals surface area contributed by atoms with Gasteiger partial charge in [0.25, 0.3) is 0 Å². The lowest BCUT2D eigenvalue weighted by Gasteiger charge is -2.26. The zero-order valence-corrected chi connectivity index (χ0v) is 17.1. The van der Waals surface area contributed by atoms with Gasteiger partial charge in [0.2, 0.25) is 5.91 Å². The molecule has 0 saturated carbocycles. The maximum Gasteiger partial charge on any atom is 0.222 e. The van der Waals surface area contributed by atoms with E-state index in [1.54, 1.807) is 7.05 Å². The van der Waals surface area contributed by atoms with Gasteiger partial charge in [-0.2, -0.15) is 0 Å². The van der Waals surface area contributed by atoms with E-state index >= 15 is 0 Å². The van der Waals surface area contributed by atoms with Crippen LogP contribution in [0.4, 0.5) is 0 Å². The highest BCUT2D eigenvalue weighted by molar-refractivity contribution is 7.91. The first-order chi connectivity index (χ1) is 12.7. The third kappa shape index (κ3) is 6.86. The first-order valence-corrected chi connectivity index (χ1v) is 11.0. The molecule has 1 unspecified atom stereocenters. The molecular formula is C19H30N4O3S. The first kappa shape index (κ1) is 21.2. The summed E-state index contributed by atoms with van der Waals surface area (Å²) < 4.78 is 22.9. The van der Waals surface area contributed by atoms with Crippen molar-refractivity contribution >= 4 is 21.7 Å². The van der Waals surface area contributed by atoms with Crippen LogP contribution in [-0.2, 0) is 20.0 Å². The van der Waals surface area contributed by atoms with E-state index in [2.05, 4.69) is 46.9 Å². The molecule has 0 bridgehead atoms. The lowest BCUT2D eigenvalue weighted by Crippen LogP contribution is -2.44. The molecule has 1 aliphatic heterocycles. The molecule has 8 heteroatoms. The fraction of sp³-hybridized carbons (Fsp3) is 0.579. The van der Waals surface area contributed by atoms with E-state index in [0.717, 1.165) is 0 Å². The number of carbonyl (C=O) groups is 1. The van der Waals surface area contributed by atoms with Crippen molar-refractivity contribution in [3.8, 4) is 0 Å². The molecule has 1 aliphatic rings. The van der Waals surface area contributed by atoms with Gasteiger partial charge >= 0.3 is 0 Å². The number of carbonyl (C=O) groups excluding carboxylic acids is 1. The molecule has 0 spiro atoms. The van der Waals surface area contributed by atoms with Crippen molar-refractivity contribution in [2.24, 2.45) is 4.99 Å². The van der Waals surface area contributed by atoms with Crippen LogP contribution < -0.4 is 16.0 Å². The average molecular weight is 395 g/mol. The molecule has 27 heavy (non-hydrogen) atoms. The van der Waals surface area contributed by atoms with Crippen molar-refractivity contribution in [1.82, 2.24) is 16.0 Å². The van der Waals surface area contributed by atoms with Crippen molar-refractivity contribution in [1.29, 1.82) is 0 Å². The highest BCUT2D eigenvalue weighted by atomic mass is 32.2. The summed E-state index contributed by atoms with van der Waals surface area (Å²) in [6.07, 6.45) is 0.763. The molecule has 3 N–H and O–H groups in total. The molecule has 1 heterocycles. The van der Waals surface area contributed by atoms with Gasteiger partial charge in [-0.1, -0.05) is 44.2 Å². The maximum absolute atomic E-state index is 12.0. The molecule has 150 valence electrons. The SMILES string of the molecule is CN=C(NCCC(=O)NC1CCS(=O)(=O)C1)NCC(C)(C)c1ccccc1. The summed E-state index contributed by atoms with van der Waals surface area (Å²) in [5.41, 5.74) is 1.17. The molecule has 2 rings (SSSR count). The number of amides is 1. The van der Waals surface area contributed by atoms with Crippen LogP contribution in [0.25, 0.3) is 0 Å². The summed E-state index contributed by atoms with van der Waals surface area (Å²) in [7, 11) is -1.29. The van der Waals surface area contributed by atoms with Gasteiger partial charge in [0, 0.05) is 38.0 Å². The van der Waals surface area contributed by atoms with Gasteiger partial charge in [-0.3, -0.25) is 9.79 Å². The Labute approximate surface area is 162 Å². The fourth-order valence-electron chi connectivity index (χ4n) is 3.02. The largest absolute Gasteiger partial charge is 0.356 e. The Kier molecular flexibility index (Phi) is 7.24. The summed E-state index contributed by atoms with van der Waals surface area (Å²) in [4.78, 5) is 16.2. The summed E-state index contributed by atoms with van der Waals surface area (Å²) >= 11 is 0. The molecular weight excluding hydrogens is 364 g/mol. The van der Waals surface area contributed by atoms with E-state index in [9.17, 15) is 13.2 Å². The van der Waals surface area contributed by atoms with E-state index in [4.69, 9.17) is 0 Å². The number of hydrogen-bond acceptors (Lipinski definition) is 4. The summed E-state index contributed by atoms with van der Waals surface area (Å²) in [6.45, 7) is 5.44. The normalized spacial score (nSPS) is 19.5. The Balaban J connectivity index is 1.72. The summed E-state index contributed by atoms with van der Waals surface area (Å²) in [6, 6.07) is 10.00. The standard InChI is InChI=1S/C19H30N4O3S/c1-19(2,15-7-5-4-6-8-15)14-22-18(20-3)21-11-9-17(24)23-16-10-12-27(25,26)13-16/h4-8,16H,9-14H2,1-3H3,(H,23,24)(H2,20,21,22). The Hall–Kier alpha value is -2.09. The topological polar surface area (TPSA) is 99.7 Å². The van der Waals surface area contributed by atoms with Crippen LogP contribution in [0.3, 0.4) is 0 Å². The van der Waals surface area contributed by atoms with Crippen LogP contribution in [0.15, 0.2) is 35.3 Å². The van der Waals surface area contributed by atoms with Gasteiger partial charge in [-0.05, 0) is 12.0 Å². The second-order valence-corrected chi connectivity index (χ2v) is 9.75. The van der Waals surface area contributed by atoms with E-state index in [0.29, 0.717) is 25.5 Å². The van der Waals surface area contributed by atoms with Gasteiger partial charge in [-0.15, -0.1) is 0 Å². The minimum absolute atomic E-state index is 0.0456. The fourth-order valence-corrected chi connectivity index (χ4v) is 4.69. The average Bonchev–Trinajstić information content (AvgIpc) is 2.97. The number of nitrogens with zero attached hydrogens (tertiary/aromatic N) is 1.